The molecule has 7 rings (SSSR count). The summed E-state index contributed by atoms with van der Waals surface area (Å²) in [6.07, 6.45) is 0. The van der Waals surface area contributed by atoms with Crippen LogP contribution in [0, 0.1) is 0 Å². The minimum absolute atomic E-state index is 0.148. The minimum atomic E-state index is -0.272. The van der Waals surface area contributed by atoms with E-state index in [0.717, 1.165) is 118 Å². The minimum Gasteiger partial charge on any atom is -0.399 e. The van der Waals surface area contributed by atoms with E-state index in [-0.39, 0.29) is 11.1 Å². The van der Waals surface area contributed by atoms with Gasteiger partial charge >= 0.3 is 0 Å². The van der Waals surface area contributed by atoms with E-state index in [4.69, 9.17) is 10.7 Å². The first-order chi connectivity index (χ1) is 21.6. The molecule has 0 atom stereocenters. The average molecular weight is 597 g/mol. The molecule has 0 aliphatic carbocycles. The summed E-state index contributed by atoms with van der Waals surface area (Å²) in [7, 11) is 0. The first kappa shape index (κ1) is 30.7. The normalized spacial score (nSPS) is 24.5. The molecular weight excluding hydrogens is 548 g/mol. The van der Waals surface area contributed by atoms with Gasteiger partial charge in [-0.3, -0.25) is 0 Å². The highest BCUT2D eigenvalue weighted by molar-refractivity contribution is 6.07. The van der Waals surface area contributed by atoms with Crippen molar-refractivity contribution in [1.82, 2.24) is 42.2 Å². The van der Waals surface area contributed by atoms with Gasteiger partial charge in [0.05, 0.1) is 27.8 Å². The summed E-state index contributed by atoms with van der Waals surface area (Å²) in [5.74, 6) is 0. The summed E-state index contributed by atoms with van der Waals surface area (Å²) in [6, 6.07) is 25.1. The number of rotatable bonds is 5. The fraction of sp³-hybridized carbons (Fsp3) is 0.441. The SMILES string of the molecule is Nc1ccc(CNC23CNCCNCC(Nc4c5ccccc5nc5ccccc45)(CNCCNC2)CNCCNC3)cc1. The molecule has 4 heterocycles. The summed E-state index contributed by atoms with van der Waals surface area (Å²) >= 11 is 0. The van der Waals surface area contributed by atoms with Gasteiger partial charge in [-0.25, -0.2) is 4.98 Å². The molecule has 10 N–H and O–H groups in total. The molecule has 0 radical (unpaired) electrons. The van der Waals surface area contributed by atoms with Crippen LogP contribution in [0.5, 0.6) is 0 Å². The number of fused-ring (bicyclic) bond motifs is 17. The Hall–Kier alpha value is -3.35. The Bertz CT molecular complexity index is 1390. The van der Waals surface area contributed by atoms with E-state index < -0.39 is 0 Å². The number of nitrogens with two attached hydrogens (primary N) is 1. The Morgan fingerprint density at radius 1 is 0.568 bits per heavy atom. The van der Waals surface area contributed by atoms with E-state index in [1.54, 1.807) is 0 Å². The smallest absolute Gasteiger partial charge is 0.0746 e. The Balaban J connectivity index is 1.24. The number of nitrogen functional groups attached to an aromatic ring is 1. The largest absolute Gasteiger partial charge is 0.399 e. The van der Waals surface area contributed by atoms with E-state index in [9.17, 15) is 0 Å². The first-order valence-corrected chi connectivity index (χ1v) is 16.0. The van der Waals surface area contributed by atoms with Crippen LogP contribution in [0.4, 0.5) is 11.4 Å². The lowest BCUT2D eigenvalue weighted by atomic mass is 9.95. The van der Waals surface area contributed by atoms with Crippen LogP contribution >= 0.6 is 0 Å². The monoisotopic (exact) mass is 596 g/mol. The molecule has 3 saturated heterocycles. The zero-order valence-corrected chi connectivity index (χ0v) is 25.6. The maximum atomic E-state index is 5.93. The second-order valence-electron chi connectivity index (χ2n) is 12.4. The van der Waals surface area contributed by atoms with Crippen molar-refractivity contribution in [2.24, 2.45) is 0 Å². The third kappa shape index (κ3) is 7.65. The summed E-state index contributed by atoms with van der Waals surface area (Å²) in [6.45, 7) is 11.0. The molecule has 44 heavy (non-hydrogen) atoms. The van der Waals surface area contributed by atoms with Gasteiger partial charge in [-0.2, -0.15) is 0 Å². The lowest BCUT2D eigenvalue weighted by Gasteiger charge is -2.39. The molecule has 1 aromatic heterocycles. The van der Waals surface area contributed by atoms with Gasteiger partial charge in [-0.1, -0.05) is 48.5 Å². The second kappa shape index (κ2) is 14.6. The van der Waals surface area contributed by atoms with Crippen molar-refractivity contribution in [1.29, 1.82) is 0 Å². The number of benzene rings is 3. The third-order valence-corrected chi connectivity index (χ3v) is 8.84. The summed E-state index contributed by atoms with van der Waals surface area (Å²) in [4.78, 5) is 4.97. The lowest BCUT2D eigenvalue weighted by molar-refractivity contribution is 0.271. The van der Waals surface area contributed by atoms with Crippen LogP contribution in [0.3, 0.4) is 0 Å². The van der Waals surface area contributed by atoms with Crippen LogP contribution in [0.1, 0.15) is 5.56 Å². The highest BCUT2D eigenvalue weighted by atomic mass is 15.2. The predicted octanol–water partition coefficient (Wildman–Crippen LogP) is 1.21. The van der Waals surface area contributed by atoms with Crippen LogP contribution in [0.25, 0.3) is 21.8 Å². The van der Waals surface area contributed by atoms with Crippen molar-refractivity contribution in [2.45, 2.75) is 17.6 Å². The first-order valence-electron chi connectivity index (χ1n) is 16.0. The second-order valence-corrected chi connectivity index (χ2v) is 12.4. The fourth-order valence-electron chi connectivity index (χ4n) is 6.36. The standard InChI is InChI=1S/C34H48N10/c35-27-11-9-26(10-12-27)19-42-33-20-36-13-16-39-23-34(24-40-17-14-37-21-33,25-41-18-15-38-22-33)44-32-28-5-1-3-7-30(28)43-31-8-4-2-6-29(31)32/h1-12,36-42H,13-25,35H2,(H,43,44). The maximum absolute atomic E-state index is 5.93. The fourth-order valence-corrected chi connectivity index (χ4v) is 6.36. The molecule has 3 fully saturated rings. The Kier molecular flexibility index (Phi) is 10.2. The molecule has 10 heteroatoms. The van der Waals surface area contributed by atoms with Crippen molar-refractivity contribution in [3.05, 3.63) is 78.4 Å². The van der Waals surface area contributed by atoms with Crippen molar-refractivity contribution in [2.75, 3.05) is 89.6 Å². The molecule has 0 spiro atoms. The van der Waals surface area contributed by atoms with Gasteiger partial charge in [0.2, 0.25) is 0 Å². The van der Waals surface area contributed by atoms with Gasteiger partial charge in [-0.05, 0) is 29.8 Å². The number of anilines is 2. The van der Waals surface area contributed by atoms with E-state index in [1.165, 1.54) is 5.56 Å². The molecule has 234 valence electrons. The topological polar surface area (TPSA) is 135 Å². The number of aromatic nitrogens is 1. The third-order valence-electron chi connectivity index (χ3n) is 8.84. The van der Waals surface area contributed by atoms with Crippen molar-refractivity contribution in [3.8, 4) is 0 Å². The average Bonchev–Trinajstić information content (AvgIpc) is 3.05. The molecule has 4 aromatic rings. The number of para-hydroxylation sites is 2. The summed E-state index contributed by atoms with van der Waals surface area (Å²) < 4.78 is 0. The molecule has 0 amide bonds. The van der Waals surface area contributed by atoms with Gasteiger partial charge in [-0.15, -0.1) is 0 Å². The number of nitrogens with one attached hydrogen (secondary N) is 8. The molecule has 0 saturated carbocycles. The van der Waals surface area contributed by atoms with E-state index in [0.29, 0.717) is 0 Å². The van der Waals surface area contributed by atoms with Crippen LogP contribution in [-0.2, 0) is 6.54 Å². The number of nitrogens with zero attached hydrogens (tertiary/aromatic N) is 1. The lowest BCUT2D eigenvalue weighted by Crippen LogP contribution is -2.65. The molecule has 3 aromatic carbocycles. The van der Waals surface area contributed by atoms with Gasteiger partial charge in [0.25, 0.3) is 0 Å². The van der Waals surface area contributed by atoms with Crippen LogP contribution < -0.4 is 48.3 Å². The highest BCUT2D eigenvalue weighted by Crippen LogP contribution is 2.32. The Morgan fingerprint density at radius 3 is 1.48 bits per heavy atom. The Morgan fingerprint density at radius 2 is 1.00 bits per heavy atom. The van der Waals surface area contributed by atoms with E-state index in [2.05, 4.69) is 103 Å². The quantitative estimate of drug-likeness (QED) is 0.122. The van der Waals surface area contributed by atoms with Crippen molar-refractivity contribution >= 4 is 33.2 Å². The molecule has 3 aliphatic heterocycles. The molecule has 3 aliphatic rings. The van der Waals surface area contributed by atoms with Crippen LogP contribution in [0.15, 0.2) is 72.8 Å². The summed E-state index contributed by atoms with van der Waals surface area (Å²) in [5.41, 5.74) is 10.7. The highest BCUT2D eigenvalue weighted by Gasteiger charge is 2.32. The van der Waals surface area contributed by atoms with Crippen molar-refractivity contribution in [3.63, 3.8) is 0 Å². The predicted molar refractivity (Wildman–Crippen MR) is 183 cm³/mol. The number of hydrogen-bond donors (Lipinski definition) is 9. The zero-order valence-electron chi connectivity index (χ0n) is 25.6. The molecule has 0 unspecified atom stereocenters. The van der Waals surface area contributed by atoms with E-state index >= 15 is 0 Å². The molecule has 10 nitrogen and oxygen atoms in total. The maximum Gasteiger partial charge on any atom is 0.0746 e. The van der Waals surface area contributed by atoms with Crippen LogP contribution in [0.2, 0.25) is 0 Å². The van der Waals surface area contributed by atoms with Crippen LogP contribution in [-0.4, -0.2) is 94.6 Å². The van der Waals surface area contributed by atoms with E-state index in [1.807, 2.05) is 12.1 Å². The van der Waals surface area contributed by atoms with Gasteiger partial charge in [0.15, 0.2) is 0 Å². The number of hydrogen-bond acceptors (Lipinski definition) is 10. The zero-order chi connectivity index (χ0) is 30.1. The van der Waals surface area contributed by atoms with Gasteiger partial charge in [0, 0.05) is 102 Å². The molecule has 2 bridgehead atoms. The van der Waals surface area contributed by atoms with Gasteiger partial charge < -0.3 is 48.3 Å². The summed E-state index contributed by atoms with van der Waals surface area (Å²) in [5, 5.41) is 32.9. The van der Waals surface area contributed by atoms with Gasteiger partial charge in [0.1, 0.15) is 0 Å². The number of pyridine rings is 1. The van der Waals surface area contributed by atoms with Crippen molar-refractivity contribution < 1.29 is 0 Å². The molecular formula is C34H48N10. The Labute approximate surface area is 260 Å².